The van der Waals surface area contributed by atoms with Crippen molar-refractivity contribution in [1.82, 2.24) is 0 Å². The molecule has 6 heteroatoms. The van der Waals surface area contributed by atoms with Gasteiger partial charge in [-0.05, 0) is 39.0 Å². The van der Waals surface area contributed by atoms with Crippen LogP contribution in [0.3, 0.4) is 0 Å². The van der Waals surface area contributed by atoms with Gasteiger partial charge in [0.25, 0.3) is 0 Å². The Morgan fingerprint density at radius 2 is 2.16 bits per heavy atom. The van der Waals surface area contributed by atoms with E-state index in [2.05, 4.69) is 5.32 Å². The largest absolute Gasteiger partial charge is 0.444 e. The number of anilines is 1. The summed E-state index contributed by atoms with van der Waals surface area (Å²) >= 11 is 0. The third-order valence-corrected chi connectivity index (χ3v) is 2.24. The minimum atomic E-state index is -0.833. The first kappa shape index (κ1) is 15.4. The van der Waals surface area contributed by atoms with Gasteiger partial charge in [-0.25, -0.2) is 9.18 Å². The topological polar surface area (TPSA) is 84.6 Å². The summed E-state index contributed by atoms with van der Waals surface area (Å²) in [6.07, 6.45) is -0.636. The average molecular weight is 270 g/mol. The maximum atomic E-state index is 13.5. The lowest BCUT2D eigenvalue weighted by Crippen LogP contribution is -2.27. The Morgan fingerprint density at radius 3 is 2.68 bits per heavy atom. The lowest BCUT2D eigenvalue weighted by Gasteiger charge is -2.20. The zero-order chi connectivity index (χ0) is 14.6. The molecule has 0 aliphatic heterocycles. The Bertz CT molecular complexity index is 458. The smallest absolute Gasteiger partial charge is 0.412 e. The molecule has 5 nitrogen and oxygen atoms in total. The number of nitrogens with two attached hydrogens (primary N) is 1. The van der Waals surface area contributed by atoms with Gasteiger partial charge in [-0.1, -0.05) is 0 Å². The van der Waals surface area contributed by atoms with Crippen LogP contribution in [-0.4, -0.2) is 23.4 Å². The summed E-state index contributed by atoms with van der Waals surface area (Å²) in [7, 11) is 0. The Hall–Kier alpha value is -1.66. The SMILES string of the molecule is CC(C)(C)OC(=O)Nc1ccc(F)c(C(N)CO)c1. The van der Waals surface area contributed by atoms with E-state index in [0.717, 1.165) is 0 Å². The summed E-state index contributed by atoms with van der Waals surface area (Å²) in [5.41, 5.74) is 5.44. The number of benzene rings is 1. The number of hydrogen-bond acceptors (Lipinski definition) is 4. The molecule has 0 bridgehead atoms. The van der Waals surface area contributed by atoms with Gasteiger partial charge in [0.15, 0.2) is 0 Å². The Balaban J connectivity index is 2.83. The summed E-state index contributed by atoms with van der Waals surface area (Å²) in [6.45, 7) is 4.84. The molecule has 1 atom stereocenters. The number of carbonyl (C=O) groups excluding carboxylic acids is 1. The van der Waals surface area contributed by atoms with E-state index in [1.807, 2.05) is 0 Å². The second kappa shape index (κ2) is 5.99. The van der Waals surface area contributed by atoms with Crippen molar-refractivity contribution in [2.45, 2.75) is 32.4 Å². The van der Waals surface area contributed by atoms with Crippen molar-refractivity contribution in [3.63, 3.8) is 0 Å². The fraction of sp³-hybridized carbons (Fsp3) is 0.462. The van der Waals surface area contributed by atoms with Crippen molar-refractivity contribution in [3.8, 4) is 0 Å². The van der Waals surface area contributed by atoms with Crippen molar-refractivity contribution in [1.29, 1.82) is 0 Å². The van der Waals surface area contributed by atoms with Gasteiger partial charge >= 0.3 is 6.09 Å². The van der Waals surface area contributed by atoms with Crippen LogP contribution in [0.1, 0.15) is 32.4 Å². The van der Waals surface area contributed by atoms with Crippen LogP contribution < -0.4 is 11.1 Å². The molecule has 0 spiro atoms. The zero-order valence-electron chi connectivity index (χ0n) is 11.2. The van der Waals surface area contributed by atoms with Crippen LogP contribution in [0.15, 0.2) is 18.2 Å². The molecule has 0 aliphatic rings. The minimum Gasteiger partial charge on any atom is -0.444 e. The molecule has 0 saturated heterocycles. The molecule has 1 unspecified atom stereocenters. The van der Waals surface area contributed by atoms with Crippen molar-refractivity contribution < 1.29 is 19.0 Å². The zero-order valence-corrected chi connectivity index (χ0v) is 11.2. The van der Waals surface area contributed by atoms with Crippen molar-refractivity contribution in [2.24, 2.45) is 5.73 Å². The normalized spacial score (nSPS) is 12.9. The third-order valence-electron chi connectivity index (χ3n) is 2.24. The Labute approximate surface area is 111 Å². The van der Waals surface area contributed by atoms with Crippen LogP contribution in [-0.2, 0) is 4.74 Å². The quantitative estimate of drug-likeness (QED) is 0.785. The molecule has 1 aromatic carbocycles. The molecule has 0 fully saturated rings. The number of nitrogens with one attached hydrogen (secondary N) is 1. The van der Waals surface area contributed by atoms with E-state index in [0.29, 0.717) is 5.69 Å². The van der Waals surface area contributed by atoms with E-state index in [1.165, 1.54) is 18.2 Å². The van der Waals surface area contributed by atoms with Gasteiger partial charge in [-0.15, -0.1) is 0 Å². The number of carbonyl (C=O) groups is 1. The van der Waals surface area contributed by atoms with Crippen LogP contribution in [0.2, 0.25) is 0 Å². The number of rotatable bonds is 3. The lowest BCUT2D eigenvalue weighted by molar-refractivity contribution is 0.0636. The fourth-order valence-corrected chi connectivity index (χ4v) is 1.43. The minimum absolute atomic E-state index is 0.135. The molecule has 1 amide bonds. The van der Waals surface area contributed by atoms with E-state index >= 15 is 0 Å². The monoisotopic (exact) mass is 270 g/mol. The molecule has 0 aliphatic carbocycles. The van der Waals surface area contributed by atoms with Crippen LogP contribution in [0, 0.1) is 5.82 Å². The van der Waals surface area contributed by atoms with Gasteiger partial charge in [0.1, 0.15) is 11.4 Å². The van der Waals surface area contributed by atoms with Crippen LogP contribution in [0.25, 0.3) is 0 Å². The number of hydrogen-bond donors (Lipinski definition) is 3. The summed E-state index contributed by atoms with van der Waals surface area (Å²) in [4.78, 5) is 11.6. The number of halogens is 1. The van der Waals surface area contributed by atoms with E-state index in [-0.39, 0.29) is 12.2 Å². The maximum absolute atomic E-state index is 13.5. The van der Waals surface area contributed by atoms with Gasteiger partial charge in [0.05, 0.1) is 12.6 Å². The molecule has 1 rings (SSSR count). The molecule has 19 heavy (non-hydrogen) atoms. The average Bonchev–Trinajstić information content (AvgIpc) is 2.28. The molecule has 1 aromatic rings. The highest BCUT2D eigenvalue weighted by Crippen LogP contribution is 2.20. The summed E-state index contributed by atoms with van der Waals surface area (Å²) < 4.78 is 18.6. The van der Waals surface area contributed by atoms with E-state index < -0.39 is 23.6 Å². The van der Waals surface area contributed by atoms with Gasteiger partial charge in [0, 0.05) is 11.3 Å². The van der Waals surface area contributed by atoms with Crippen LogP contribution in [0.5, 0.6) is 0 Å². The van der Waals surface area contributed by atoms with Crippen molar-refractivity contribution in [3.05, 3.63) is 29.6 Å². The van der Waals surface area contributed by atoms with Gasteiger partial charge in [-0.2, -0.15) is 0 Å². The highest BCUT2D eigenvalue weighted by Gasteiger charge is 2.17. The molecule has 0 saturated carbocycles. The highest BCUT2D eigenvalue weighted by molar-refractivity contribution is 5.85. The van der Waals surface area contributed by atoms with Crippen molar-refractivity contribution in [2.75, 3.05) is 11.9 Å². The summed E-state index contributed by atoms with van der Waals surface area (Å²) in [6, 6.07) is 3.12. The predicted molar refractivity (Wildman–Crippen MR) is 70.3 cm³/mol. The molecular formula is C13H19FN2O3. The van der Waals surface area contributed by atoms with Crippen LogP contribution >= 0.6 is 0 Å². The standard InChI is InChI=1S/C13H19FN2O3/c1-13(2,3)19-12(18)16-8-4-5-10(14)9(6-8)11(15)7-17/h4-6,11,17H,7,15H2,1-3H3,(H,16,18). The number of ether oxygens (including phenoxy) is 1. The van der Waals surface area contributed by atoms with E-state index in [4.69, 9.17) is 15.6 Å². The Kier molecular flexibility index (Phi) is 4.85. The first-order valence-corrected chi connectivity index (χ1v) is 5.89. The molecular weight excluding hydrogens is 251 g/mol. The molecule has 4 N–H and O–H groups in total. The van der Waals surface area contributed by atoms with Gasteiger partial charge < -0.3 is 15.6 Å². The lowest BCUT2D eigenvalue weighted by atomic mass is 10.1. The maximum Gasteiger partial charge on any atom is 0.412 e. The van der Waals surface area contributed by atoms with E-state index in [9.17, 15) is 9.18 Å². The third kappa shape index (κ3) is 4.84. The second-order valence-electron chi connectivity index (χ2n) is 5.15. The van der Waals surface area contributed by atoms with Crippen LogP contribution in [0.4, 0.5) is 14.9 Å². The summed E-state index contributed by atoms with van der Waals surface area (Å²) in [5, 5.41) is 11.4. The molecule has 0 heterocycles. The number of aliphatic hydroxyl groups excluding tert-OH is 1. The van der Waals surface area contributed by atoms with Crippen molar-refractivity contribution >= 4 is 11.8 Å². The first-order valence-electron chi connectivity index (χ1n) is 5.89. The van der Waals surface area contributed by atoms with Gasteiger partial charge in [0.2, 0.25) is 0 Å². The first-order chi connectivity index (χ1) is 8.73. The molecule has 0 aromatic heterocycles. The number of amides is 1. The predicted octanol–water partition coefficient (Wildman–Crippen LogP) is 2.16. The van der Waals surface area contributed by atoms with Gasteiger partial charge in [-0.3, -0.25) is 5.32 Å². The summed E-state index contributed by atoms with van der Waals surface area (Å²) in [5.74, 6) is -0.531. The second-order valence-corrected chi connectivity index (χ2v) is 5.15. The number of aliphatic hydroxyl groups is 1. The van der Waals surface area contributed by atoms with E-state index in [1.54, 1.807) is 20.8 Å². The Morgan fingerprint density at radius 1 is 1.53 bits per heavy atom. The molecule has 106 valence electrons. The highest BCUT2D eigenvalue weighted by atomic mass is 19.1. The molecule has 0 radical (unpaired) electrons. The fourth-order valence-electron chi connectivity index (χ4n) is 1.43.